The highest BCUT2D eigenvalue weighted by atomic mass is 35.5. The van der Waals surface area contributed by atoms with Gasteiger partial charge in [0.15, 0.2) is 0 Å². The minimum Gasteiger partial charge on any atom is -0.352 e. The van der Waals surface area contributed by atoms with Gasteiger partial charge < -0.3 is 11.1 Å². The molecular formula is C12H24ClN3O. The average molecular weight is 262 g/mol. The topological polar surface area (TPSA) is 58.4 Å². The van der Waals surface area contributed by atoms with Gasteiger partial charge in [0.05, 0.1) is 6.54 Å². The summed E-state index contributed by atoms with van der Waals surface area (Å²) in [6.45, 7) is 4.69. The van der Waals surface area contributed by atoms with E-state index >= 15 is 0 Å². The summed E-state index contributed by atoms with van der Waals surface area (Å²) in [6.07, 6.45) is 4.60. The molecule has 5 heteroatoms. The van der Waals surface area contributed by atoms with Gasteiger partial charge in [-0.05, 0) is 51.6 Å². The number of nitrogens with two attached hydrogens (primary N) is 1. The Kier molecular flexibility index (Phi) is 5.70. The smallest absolute Gasteiger partial charge is 0.234 e. The number of hydrogen-bond donors (Lipinski definition) is 2. The molecule has 0 spiro atoms. The SMILES string of the molecule is CC(N)C1CCN(CC(=O)NC2CC2)CC1.Cl. The molecule has 1 saturated carbocycles. The predicted octanol–water partition coefficient (Wildman–Crippen LogP) is 0.746. The molecule has 2 rings (SSSR count). The molecule has 0 aromatic heterocycles. The fourth-order valence-electron chi connectivity index (χ4n) is 2.34. The Labute approximate surface area is 110 Å². The van der Waals surface area contributed by atoms with Gasteiger partial charge in [-0.1, -0.05) is 0 Å². The Bertz CT molecular complexity index is 248. The molecule has 0 bridgehead atoms. The molecule has 1 atom stereocenters. The minimum absolute atomic E-state index is 0. The second kappa shape index (κ2) is 6.57. The summed E-state index contributed by atoms with van der Waals surface area (Å²) in [6, 6.07) is 0.775. The van der Waals surface area contributed by atoms with E-state index in [0.29, 0.717) is 24.5 Å². The zero-order valence-corrected chi connectivity index (χ0v) is 11.3. The first-order valence-electron chi connectivity index (χ1n) is 6.42. The highest BCUT2D eigenvalue weighted by Crippen LogP contribution is 2.20. The third-order valence-corrected chi connectivity index (χ3v) is 3.69. The Balaban J connectivity index is 0.00000144. The van der Waals surface area contributed by atoms with Gasteiger partial charge in [0, 0.05) is 12.1 Å². The zero-order valence-electron chi connectivity index (χ0n) is 10.5. The van der Waals surface area contributed by atoms with Crippen LogP contribution in [-0.2, 0) is 4.79 Å². The van der Waals surface area contributed by atoms with E-state index in [1.807, 2.05) is 0 Å². The molecule has 1 heterocycles. The molecule has 100 valence electrons. The minimum atomic E-state index is 0. The highest BCUT2D eigenvalue weighted by Gasteiger charge is 2.26. The molecule has 4 nitrogen and oxygen atoms in total. The third-order valence-electron chi connectivity index (χ3n) is 3.69. The molecule has 1 aliphatic carbocycles. The lowest BCUT2D eigenvalue weighted by Gasteiger charge is -2.33. The summed E-state index contributed by atoms with van der Waals surface area (Å²) < 4.78 is 0. The molecule has 1 unspecified atom stereocenters. The van der Waals surface area contributed by atoms with Crippen molar-refractivity contribution in [3.05, 3.63) is 0 Å². The number of amides is 1. The summed E-state index contributed by atoms with van der Waals surface area (Å²) in [5.41, 5.74) is 5.89. The molecule has 0 aromatic rings. The maximum Gasteiger partial charge on any atom is 0.234 e. The van der Waals surface area contributed by atoms with Crippen LogP contribution in [0.1, 0.15) is 32.6 Å². The standard InChI is InChI=1S/C12H23N3O.ClH/c1-9(13)10-4-6-15(7-5-10)8-12(16)14-11-2-3-11;/h9-11H,2-8,13H2,1H3,(H,14,16);1H. The normalized spacial score (nSPS) is 23.9. The van der Waals surface area contributed by atoms with Crippen molar-refractivity contribution in [1.29, 1.82) is 0 Å². The van der Waals surface area contributed by atoms with Gasteiger partial charge in [0.25, 0.3) is 0 Å². The maximum absolute atomic E-state index is 11.6. The number of nitrogens with zero attached hydrogens (tertiary/aromatic N) is 1. The Morgan fingerprint density at radius 3 is 2.41 bits per heavy atom. The van der Waals surface area contributed by atoms with Gasteiger partial charge in [0.2, 0.25) is 5.91 Å². The molecule has 0 aromatic carbocycles. The lowest BCUT2D eigenvalue weighted by atomic mass is 9.91. The Hall–Kier alpha value is -0.320. The molecule has 0 radical (unpaired) electrons. The van der Waals surface area contributed by atoms with Crippen LogP contribution in [0.4, 0.5) is 0 Å². The van der Waals surface area contributed by atoms with Crippen molar-refractivity contribution in [2.24, 2.45) is 11.7 Å². The van der Waals surface area contributed by atoms with E-state index < -0.39 is 0 Å². The summed E-state index contributed by atoms with van der Waals surface area (Å²) in [7, 11) is 0. The largest absolute Gasteiger partial charge is 0.352 e. The van der Waals surface area contributed by atoms with Crippen molar-refractivity contribution < 1.29 is 4.79 Å². The predicted molar refractivity (Wildman–Crippen MR) is 71.2 cm³/mol. The first-order chi connectivity index (χ1) is 7.65. The van der Waals surface area contributed by atoms with E-state index in [1.165, 1.54) is 12.8 Å². The number of rotatable bonds is 4. The van der Waals surface area contributed by atoms with Crippen molar-refractivity contribution in [2.75, 3.05) is 19.6 Å². The average Bonchev–Trinajstić information content (AvgIpc) is 3.02. The monoisotopic (exact) mass is 261 g/mol. The zero-order chi connectivity index (χ0) is 11.5. The molecule has 1 saturated heterocycles. The van der Waals surface area contributed by atoms with Crippen LogP contribution in [0, 0.1) is 5.92 Å². The van der Waals surface area contributed by atoms with E-state index in [2.05, 4.69) is 17.1 Å². The van der Waals surface area contributed by atoms with E-state index in [-0.39, 0.29) is 18.3 Å². The van der Waals surface area contributed by atoms with Crippen molar-refractivity contribution in [3.63, 3.8) is 0 Å². The van der Waals surface area contributed by atoms with Crippen LogP contribution in [0.5, 0.6) is 0 Å². The van der Waals surface area contributed by atoms with Crippen molar-refractivity contribution in [2.45, 2.75) is 44.7 Å². The van der Waals surface area contributed by atoms with Gasteiger partial charge in [-0.2, -0.15) is 0 Å². The number of hydrogen-bond acceptors (Lipinski definition) is 3. The van der Waals surface area contributed by atoms with Gasteiger partial charge in [0.1, 0.15) is 0 Å². The second-order valence-corrected chi connectivity index (χ2v) is 5.31. The summed E-state index contributed by atoms with van der Waals surface area (Å²) in [5.74, 6) is 0.837. The number of nitrogens with one attached hydrogen (secondary N) is 1. The van der Waals surface area contributed by atoms with Crippen LogP contribution in [0.3, 0.4) is 0 Å². The highest BCUT2D eigenvalue weighted by molar-refractivity contribution is 5.85. The Morgan fingerprint density at radius 1 is 1.35 bits per heavy atom. The van der Waals surface area contributed by atoms with Gasteiger partial charge in [-0.15, -0.1) is 12.4 Å². The van der Waals surface area contributed by atoms with Crippen molar-refractivity contribution in [1.82, 2.24) is 10.2 Å². The van der Waals surface area contributed by atoms with Crippen molar-refractivity contribution in [3.8, 4) is 0 Å². The van der Waals surface area contributed by atoms with Crippen LogP contribution in [0.25, 0.3) is 0 Å². The number of carbonyl (C=O) groups is 1. The fourth-order valence-corrected chi connectivity index (χ4v) is 2.34. The van der Waals surface area contributed by atoms with Crippen LogP contribution >= 0.6 is 12.4 Å². The van der Waals surface area contributed by atoms with Gasteiger partial charge in [-0.25, -0.2) is 0 Å². The van der Waals surface area contributed by atoms with Gasteiger partial charge in [-0.3, -0.25) is 9.69 Å². The molecule has 1 aliphatic heterocycles. The van der Waals surface area contributed by atoms with Gasteiger partial charge >= 0.3 is 0 Å². The van der Waals surface area contributed by atoms with E-state index in [1.54, 1.807) is 0 Å². The Morgan fingerprint density at radius 2 is 1.94 bits per heavy atom. The van der Waals surface area contributed by atoms with Crippen molar-refractivity contribution >= 4 is 18.3 Å². The molecule has 1 amide bonds. The number of piperidine rings is 1. The molecule has 2 fully saturated rings. The summed E-state index contributed by atoms with van der Waals surface area (Å²) in [4.78, 5) is 13.8. The van der Waals surface area contributed by atoms with Crippen LogP contribution in [0.2, 0.25) is 0 Å². The van der Waals surface area contributed by atoms with Crippen LogP contribution in [0.15, 0.2) is 0 Å². The number of carbonyl (C=O) groups excluding carboxylic acids is 1. The fraction of sp³-hybridized carbons (Fsp3) is 0.917. The van der Waals surface area contributed by atoms with E-state index in [4.69, 9.17) is 5.73 Å². The molecule has 17 heavy (non-hydrogen) atoms. The van der Waals surface area contributed by atoms with Crippen LogP contribution in [-0.4, -0.2) is 42.5 Å². The lowest BCUT2D eigenvalue weighted by Crippen LogP contribution is -2.44. The molecule has 3 N–H and O–H groups in total. The first kappa shape index (κ1) is 14.7. The second-order valence-electron chi connectivity index (χ2n) is 5.31. The number of halogens is 1. The summed E-state index contributed by atoms with van der Waals surface area (Å²) in [5, 5.41) is 3.03. The van der Waals surface area contributed by atoms with E-state index in [0.717, 1.165) is 25.9 Å². The quantitative estimate of drug-likeness (QED) is 0.785. The van der Waals surface area contributed by atoms with E-state index in [9.17, 15) is 4.79 Å². The molecular weight excluding hydrogens is 238 g/mol. The maximum atomic E-state index is 11.6. The molecule has 2 aliphatic rings. The summed E-state index contributed by atoms with van der Waals surface area (Å²) >= 11 is 0. The first-order valence-corrected chi connectivity index (χ1v) is 6.42. The number of likely N-dealkylation sites (tertiary alicyclic amines) is 1. The third kappa shape index (κ3) is 4.82. The lowest BCUT2D eigenvalue weighted by molar-refractivity contribution is -0.122. The van der Waals surface area contributed by atoms with Crippen LogP contribution < -0.4 is 11.1 Å².